The van der Waals surface area contributed by atoms with E-state index in [1.165, 1.54) is 5.06 Å². The number of rotatable bonds is 1. The molecule has 60 valence electrons. The molecule has 1 rings (SSSR count). The first kappa shape index (κ1) is 9.68. The predicted molar refractivity (Wildman–Crippen MR) is 38.6 cm³/mol. The number of amides is 1. The van der Waals surface area contributed by atoms with E-state index in [2.05, 4.69) is 0 Å². The minimum absolute atomic E-state index is 0. The number of halogens is 1. The van der Waals surface area contributed by atoms with Crippen molar-refractivity contribution >= 4 is 18.3 Å². The van der Waals surface area contributed by atoms with Gasteiger partial charge in [-0.2, -0.15) is 0 Å². The quantitative estimate of drug-likeness (QED) is 0.573. The average Bonchev–Trinajstić information content (AvgIpc) is 2.15. The molecule has 0 aromatic carbocycles. The molecule has 0 bridgehead atoms. The summed E-state index contributed by atoms with van der Waals surface area (Å²) in [6, 6.07) is -0.440. The molecule has 1 unspecified atom stereocenters. The maximum Gasteiger partial charge on any atom is 0.265 e. The Morgan fingerprint density at radius 3 is 2.70 bits per heavy atom. The highest BCUT2D eigenvalue weighted by Gasteiger charge is 2.28. The van der Waals surface area contributed by atoms with E-state index in [-0.39, 0.29) is 18.3 Å². The molecule has 2 N–H and O–H groups in total. The molecular formula is C5H11ClN2O2. The standard InChI is InChI=1S/C5H10N2O2.ClH/c1-2-7-5(8)4(6)3-9-7;/h4H,2-3,6H2,1H3;1H. The molecule has 1 amide bonds. The Hall–Kier alpha value is -0.320. The van der Waals surface area contributed by atoms with Crippen LogP contribution < -0.4 is 5.73 Å². The Labute approximate surface area is 65.7 Å². The lowest BCUT2D eigenvalue weighted by Crippen LogP contribution is -2.34. The van der Waals surface area contributed by atoms with Crippen LogP contribution in [0.15, 0.2) is 0 Å². The number of hydrogen-bond acceptors (Lipinski definition) is 3. The van der Waals surface area contributed by atoms with Gasteiger partial charge < -0.3 is 5.73 Å². The summed E-state index contributed by atoms with van der Waals surface area (Å²) in [7, 11) is 0. The number of nitrogens with zero attached hydrogens (tertiary/aromatic N) is 1. The van der Waals surface area contributed by atoms with Gasteiger partial charge in [-0.1, -0.05) is 0 Å². The predicted octanol–water partition coefficient (Wildman–Crippen LogP) is -0.471. The number of likely N-dealkylation sites (N-methyl/N-ethyl adjacent to an activating group) is 1. The first-order valence-electron chi connectivity index (χ1n) is 2.95. The summed E-state index contributed by atoms with van der Waals surface area (Å²) in [5, 5.41) is 1.28. The van der Waals surface area contributed by atoms with Crippen LogP contribution in [0, 0.1) is 0 Å². The Bertz CT molecular complexity index is 131. The third-order valence-corrected chi connectivity index (χ3v) is 1.26. The van der Waals surface area contributed by atoms with Crippen molar-refractivity contribution in [3.8, 4) is 0 Å². The van der Waals surface area contributed by atoms with E-state index in [1.54, 1.807) is 0 Å². The van der Waals surface area contributed by atoms with E-state index in [0.717, 1.165) is 0 Å². The zero-order valence-electron chi connectivity index (χ0n) is 5.74. The van der Waals surface area contributed by atoms with Crippen LogP contribution in [0.3, 0.4) is 0 Å². The molecule has 4 nitrogen and oxygen atoms in total. The van der Waals surface area contributed by atoms with Gasteiger partial charge in [0.1, 0.15) is 6.04 Å². The number of carbonyl (C=O) groups excluding carboxylic acids is 1. The lowest BCUT2D eigenvalue weighted by atomic mass is 10.3. The normalized spacial score (nSPS) is 24.8. The fourth-order valence-electron chi connectivity index (χ4n) is 0.737. The molecule has 1 saturated heterocycles. The van der Waals surface area contributed by atoms with Crippen LogP contribution in [-0.2, 0) is 9.63 Å². The smallest absolute Gasteiger partial charge is 0.265 e. The number of carbonyl (C=O) groups is 1. The maximum absolute atomic E-state index is 10.8. The molecule has 10 heavy (non-hydrogen) atoms. The van der Waals surface area contributed by atoms with E-state index >= 15 is 0 Å². The van der Waals surface area contributed by atoms with Crippen LogP contribution >= 0.6 is 12.4 Å². The zero-order chi connectivity index (χ0) is 6.85. The molecule has 1 atom stereocenters. The maximum atomic E-state index is 10.8. The van der Waals surface area contributed by atoms with Crippen molar-refractivity contribution in [3.63, 3.8) is 0 Å². The van der Waals surface area contributed by atoms with Gasteiger partial charge in [-0.25, -0.2) is 5.06 Å². The van der Waals surface area contributed by atoms with Crippen LogP contribution in [0.4, 0.5) is 0 Å². The van der Waals surface area contributed by atoms with Gasteiger partial charge >= 0.3 is 0 Å². The molecule has 0 aliphatic carbocycles. The fraction of sp³-hybridized carbons (Fsp3) is 0.800. The second-order valence-corrected chi connectivity index (χ2v) is 1.94. The number of hydroxylamine groups is 2. The van der Waals surface area contributed by atoms with Gasteiger partial charge in [-0.15, -0.1) is 12.4 Å². The Balaban J connectivity index is 0.000000810. The van der Waals surface area contributed by atoms with Crippen LogP contribution in [0.2, 0.25) is 0 Å². The zero-order valence-corrected chi connectivity index (χ0v) is 6.56. The molecule has 1 aliphatic heterocycles. The van der Waals surface area contributed by atoms with Gasteiger partial charge in [0.2, 0.25) is 0 Å². The summed E-state index contributed by atoms with van der Waals surface area (Å²) >= 11 is 0. The minimum atomic E-state index is -0.440. The minimum Gasteiger partial charge on any atom is -0.318 e. The third-order valence-electron chi connectivity index (χ3n) is 1.26. The molecule has 1 fully saturated rings. The molecule has 0 spiro atoms. The highest BCUT2D eigenvalue weighted by Crippen LogP contribution is 2.03. The van der Waals surface area contributed by atoms with Crippen LogP contribution in [-0.4, -0.2) is 30.2 Å². The third kappa shape index (κ3) is 1.59. The summed E-state index contributed by atoms with van der Waals surface area (Å²) in [6.45, 7) is 2.75. The monoisotopic (exact) mass is 166 g/mol. The highest BCUT2D eigenvalue weighted by molar-refractivity contribution is 5.85. The van der Waals surface area contributed by atoms with Crippen LogP contribution in [0.25, 0.3) is 0 Å². The van der Waals surface area contributed by atoms with Gasteiger partial charge in [0, 0.05) is 6.54 Å². The largest absolute Gasteiger partial charge is 0.318 e. The van der Waals surface area contributed by atoms with Crippen molar-refractivity contribution in [2.24, 2.45) is 5.73 Å². The molecule has 5 heteroatoms. The van der Waals surface area contributed by atoms with Crippen LogP contribution in [0.5, 0.6) is 0 Å². The fourth-order valence-corrected chi connectivity index (χ4v) is 0.737. The van der Waals surface area contributed by atoms with E-state index in [1.807, 2.05) is 6.92 Å². The van der Waals surface area contributed by atoms with Crippen molar-refractivity contribution < 1.29 is 9.63 Å². The SMILES string of the molecule is CCN1OCC(N)C1=O.Cl. The lowest BCUT2D eigenvalue weighted by molar-refractivity contribution is -0.160. The molecule has 1 heterocycles. The molecule has 1 aliphatic rings. The molecule has 0 aromatic heterocycles. The van der Waals surface area contributed by atoms with Crippen molar-refractivity contribution in [2.45, 2.75) is 13.0 Å². The van der Waals surface area contributed by atoms with Crippen molar-refractivity contribution in [2.75, 3.05) is 13.2 Å². The molecule has 0 radical (unpaired) electrons. The van der Waals surface area contributed by atoms with E-state index in [4.69, 9.17) is 10.6 Å². The van der Waals surface area contributed by atoms with E-state index < -0.39 is 6.04 Å². The summed E-state index contributed by atoms with van der Waals surface area (Å²) < 4.78 is 0. The number of nitrogens with two attached hydrogens (primary N) is 1. The van der Waals surface area contributed by atoms with Gasteiger partial charge in [0.05, 0.1) is 6.61 Å². The topological polar surface area (TPSA) is 55.6 Å². The summed E-state index contributed by atoms with van der Waals surface area (Å²) in [6.07, 6.45) is 0. The van der Waals surface area contributed by atoms with E-state index in [9.17, 15) is 4.79 Å². The lowest BCUT2D eigenvalue weighted by Gasteiger charge is -2.08. The van der Waals surface area contributed by atoms with Crippen molar-refractivity contribution in [3.05, 3.63) is 0 Å². The first-order chi connectivity index (χ1) is 4.25. The summed E-state index contributed by atoms with van der Waals surface area (Å²) in [4.78, 5) is 15.7. The van der Waals surface area contributed by atoms with Gasteiger partial charge in [0.25, 0.3) is 5.91 Å². The van der Waals surface area contributed by atoms with Gasteiger partial charge in [-0.05, 0) is 6.92 Å². The highest BCUT2D eigenvalue weighted by atomic mass is 35.5. The molecule has 0 aromatic rings. The van der Waals surface area contributed by atoms with Gasteiger partial charge in [-0.3, -0.25) is 9.63 Å². The van der Waals surface area contributed by atoms with Crippen LogP contribution in [0.1, 0.15) is 6.92 Å². The second kappa shape index (κ2) is 3.75. The Morgan fingerprint density at radius 2 is 2.50 bits per heavy atom. The van der Waals surface area contributed by atoms with Crippen molar-refractivity contribution in [1.82, 2.24) is 5.06 Å². The summed E-state index contributed by atoms with van der Waals surface area (Å²) in [5.41, 5.74) is 5.33. The van der Waals surface area contributed by atoms with Crippen molar-refractivity contribution in [1.29, 1.82) is 0 Å². The Morgan fingerprint density at radius 1 is 1.90 bits per heavy atom. The Kier molecular flexibility index (Phi) is 3.63. The van der Waals surface area contributed by atoms with Gasteiger partial charge in [0.15, 0.2) is 0 Å². The van der Waals surface area contributed by atoms with E-state index in [0.29, 0.717) is 13.2 Å². The second-order valence-electron chi connectivity index (χ2n) is 1.94. The summed E-state index contributed by atoms with van der Waals surface area (Å²) in [5.74, 6) is -0.113. The molecule has 0 saturated carbocycles. The number of hydrogen-bond donors (Lipinski definition) is 1. The average molecular weight is 167 g/mol. The first-order valence-corrected chi connectivity index (χ1v) is 2.95. The molecular weight excluding hydrogens is 156 g/mol.